The smallest absolute Gasteiger partial charge is 0.310 e. The molecule has 13 heteroatoms. The van der Waals surface area contributed by atoms with Crippen molar-refractivity contribution >= 4 is 5.97 Å². The lowest BCUT2D eigenvalue weighted by atomic mass is 9.66. The summed E-state index contributed by atoms with van der Waals surface area (Å²) in [6.45, 7) is -0.525. The summed E-state index contributed by atoms with van der Waals surface area (Å²) in [5.74, 6) is -0.938. The summed E-state index contributed by atoms with van der Waals surface area (Å²) >= 11 is 0. The van der Waals surface area contributed by atoms with Crippen LogP contribution in [0.5, 0.6) is 28.7 Å². The molecular weight excluding hydrogens is 532 g/mol. The Labute approximate surface area is 228 Å². The van der Waals surface area contributed by atoms with E-state index in [2.05, 4.69) is 0 Å². The third kappa shape index (κ3) is 4.12. The van der Waals surface area contributed by atoms with E-state index < -0.39 is 67.1 Å². The fourth-order valence-electron chi connectivity index (χ4n) is 6.01. The van der Waals surface area contributed by atoms with Gasteiger partial charge in [0.05, 0.1) is 39.5 Å². The van der Waals surface area contributed by atoms with Crippen molar-refractivity contribution in [2.45, 2.75) is 42.7 Å². The highest BCUT2D eigenvalue weighted by molar-refractivity contribution is 5.79. The molecule has 40 heavy (non-hydrogen) atoms. The number of carbonyl (C=O) groups is 1. The van der Waals surface area contributed by atoms with Gasteiger partial charge in [0.1, 0.15) is 24.4 Å². The van der Waals surface area contributed by atoms with Crippen LogP contribution in [0.25, 0.3) is 0 Å². The first-order valence-electron chi connectivity index (χ1n) is 12.8. The number of benzene rings is 2. The first-order chi connectivity index (χ1) is 19.3. The molecule has 0 spiro atoms. The molecule has 5 N–H and O–H groups in total. The van der Waals surface area contributed by atoms with Gasteiger partial charge in [0.15, 0.2) is 23.0 Å². The minimum atomic E-state index is -1.66. The standard InChI is InChI=1S/C27H30O13/c1-34-16-3-10(4-17(35-2)25(16)40-27-24(32)23(31)22(30)18(7-28)39-27)19-11-5-14-15(38-9-37-14)6-12(11)21(29)13-8-36-26(33)20(13)19/h3-6,13,18-24,27-32H,7-9H2,1-2H3/t13-,18+,19+,20-,21-,22+,23-,24+,27-/m0/s1. The predicted octanol–water partition coefficient (Wildman–Crippen LogP) is -0.421. The first-order valence-corrected chi connectivity index (χ1v) is 12.8. The van der Waals surface area contributed by atoms with Crippen molar-refractivity contribution in [3.05, 3.63) is 41.0 Å². The molecule has 2 saturated heterocycles. The third-order valence-corrected chi connectivity index (χ3v) is 8.07. The molecule has 0 saturated carbocycles. The maximum absolute atomic E-state index is 13.0. The summed E-state index contributed by atoms with van der Waals surface area (Å²) in [5, 5.41) is 51.5. The highest BCUT2D eigenvalue weighted by Gasteiger charge is 2.52. The van der Waals surface area contributed by atoms with Crippen LogP contribution in [-0.4, -0.2) is 96.4 Å². The molecule has 3 heterocycles. The lowest BCUT2D eigenvalue weighted by molar-refractivity contribution is -0.277. The second kappa shape index (κ2) is 10.3. The number of aliphatic hydroxyl groups excluding tert-OH is 5. The summed E-state index contributed by atoms with van der Waals surface area (Å²) in [7, 11) is 2.78. The molecule has 1 aliphatic carbocycles. The summed E-state index contributed by atoms with van der Waals surface area (Å²) in [6, 6.07) is 6.76. The van der Waals surface area contributed by atoms with Gasteiger partial charge in [-0.05, 0) is 41.0 Å². The number of esters is 1. The average molecular weight is 563 g/mol. The molecule has 2 aromatic carbocycles. The summed E-state index contributed by atoms with van der Waals surface area (Å²) in [4.78, 5) is 13.0. The van der Waals surface area contributed by atoms with Gasteiger partial charge in [0.2, 0.25) is 18.8 Å². The van der Waals surface area contributed by atoms with Gasteiger partial charge in [-0.25, -0.2) is 0 Å². The van der Waals surface area contributed by atoms with Gasteiger partial charge >= 0.3 is 5.97 Å². The second-order valence-electron chi connectivity index (χ2n) is 10.1. The van der Waals surface area contributed by atoms with Crippen molar-refractivity contribution in [3.8, 4) is 28.7 Å². The highest BCUT2D eigenvalue weighted by Crippen LogP contribution is 2.55. The Balaban J connectivity index is 1.43. The van der Waals surface area contributed by atoms with Crippen LogP contribution in [0, 0.1) is 11.8 Å². The number of aliphatic hydroxyl groups is 5. The molecule has 0 unspecified atom stereocenters. The first kappa shape index (κ1) is 26.9. The lowest BCUT2D eigenvalue weighted by Crippen LogP contribution is -2.60. The minimum absolute atomic E-state index is 0.0189. The molecule has 4 aliphatic rings. The SMILES string of the molecule is COc1cc([C@@H]2c3cc4c(cc3[C@H](O)[C@H]3COC(=O)[C@H]23)OCO4)cc(OC)c1O[C@@H]1O[C@H](CO)[C@@H](O)[C@H](O)[C@H]1O. The number of fused-ring (bicyclic) bond motifs is 3. The van der Waals surface area contributed by atoms with Gasteiger partial charge in [-0.2, -0.15) is 0 Å². The van der Waals surface area contributed by atoms with Crippen LogP contribution in [0.15, 0.2) is 24.3 Å². The predicted molar refractivity (Wildman–Crippen MR) is 131 cm³/mol. The van der Waals surface area contributed by atoms with Gasteiger partial charge in [-0.1, -0.05) is 0 Å². The number of cyclic esters (lactones) is 1. The van der Waals surface area contributed by atoms with Crippen LogP contribution in [0.3, 0.4) is 0 Å². The van der Waals surface area contributed by atoms with E-state index in [-0.39, 0.29) is 30.6 Å². The van der Waals surface area contributed by atoms with Crippen LogP contribution in [-0.2, 0) is 14.3 Å². The summed E-state index contributed by atoms with van der Waals surface area (Å²) in [6.07, 6.45) is -8.48. The lowest BCUT2D eigenvalue weighted by Gasteiger charge is -2.40. The van der Waals surface area contributed by atoms with Gasteiger partial charge in [0, 0.05) is 11.8 Å². The van der Waals surface area contributed by atoms with Crippen molar-refractivity contribution in [1.29, 1.82) is 0 Å². The Morgan fingerprint density at radius 2 is 1.52 bits per heavy atom. The Morgan fingerprint density at radius 3 is 2.15 bits per heavy atom. The van der Waals surface area contributed by atoms with E-state index >= 15 is 0 Å². The van der Waals surface area contributed by atoms with E-state index in [1.54, 1.807) is 24.3 Å². The maximum atomic E-state index is 13.0. The zero-order valence-corrected chi connectivity index (χ0v) is 21.6. The van der Waals surface area contributed by atoms with E-state index in [0.717, 1.165) is 0 Å². The Bertz CT molecular complexity index is 1270. The third-order valence-electron chi connectivity index (χ3n) is 8.07. The molecule has 13 nitrogen and oxygen atoms in total. The van der Waals surface area contributed by atoms with Crippen LogP contribution in [0.2, 0.25) is 0 Å². The number of methoxy groups -OCH3 is 2. The van der Waals surface area contributed by atoms with Crippen molar-refractivity contribution in [2.24, 2.45) is 11.8 Å². The Kier molecular flexibility index (Phi) is 6.89. The second-order valence-corrected chi connectivity index (χ2v) is 10.1. The molecular formula is C27H30O13. The zero-order valence-electron chi connectivity index (χ0n) is 21.6. The zero-order chi connectivity index (χ0) is 28.3. The van der Waals surface area contributed by atoms with E-state index in [9.17, 15) is 30.3 Å². The van der Waals surface area contributed by atoms with Gasteiger partial charge in [-0.15, -0.1) is 0 Å². The molecule has 216 valence electrons. The Morgan fingerprint density at radius 1 is 0.875 bits per heavy atom. The maximum Gasteiger partial charge on any atom is 0.310 e. The summed E-state index contributed by atoms with van der Waals surface area (Å²) < 4.78 is 39.1. The topological polar surface area (TPSA) is 183 Å². The average Bonchev–Trinajstić information content (AvgIpc) is 3.59. The minimum Gasteiger partial charge on any atom is -0.493 e. The molecule has 0 amide bonds. The number of hydrogen-bond acceptors (Lipinski definition) is 13. The van der Waals surface area contributed by atoms with Crippen molar-refractivity contribution < 1.29 is 63.5 Å². The van der Waals surface area contributed by atoms with Crippen molar-refractivity contribution in [3.63, 3.8) is 0 Å². The fourth-order valence-corrected chi connectivity index (χ4v) is 6.01. The molecule has 3 aliphatic heterocycles. The van der Waals surface area contributed by atoms with E-state index in [0.29, 0.717) is 28.2 Å². The number of rotatable bonds is 6. The molecule has 0 aromatic heterocycles. The summed E-state index contributed by atoms with van der Waals surface area (Å²) in [5.41, 5.74) is 1.84. The normalized spacial score (nSPS) is 34.1. The van der Waals surface area contributed by atoms with Gasteiger partial charge in [-0.3, -0.25) is 4.79 Å². The van der Waals surface area contributed by atoms with E-state index in [4.69, 9.17) is 33.2 Å². The van der Waals surface area contributed by atoms with Crippen LogP contribution in [0.4, 0.5) is 0 Å². The van der Waals surface area contributed by atoms with Crippen LogP contribution >= 0.6 is 0 Å². The fraction of sp³-hybridized carbons (Fsp3) is 0.519. The number of ether oxygens (including phenoxy) is 7. The van der Waals surface area contributed by atoms with Crippen LogP contribution in [0.1, 0.15) is 28.7 Å². The molecule has 0 radical (unpaired) electrons. The van der Waals surface area contributed by atoms with Gasteiger partial charge < -0.3 is 58.7 Å². The van der Waals surface area contributed by atoms with Crippen LogP contribution < -0.4 is 23.7 Å². The molecule has 2 fully saturated rings. The molecule has 6 rings (SSSR count). The Hall–Kier alpha value is -3.33. The number of hydrogen-bond donors (Lipinski definition) is 5. The van der Waals surface area contributed by atoms with Gasteiger partial charge in [0.25, 0.3) is 0 Å². The highest BCUT2D eigenvalue weighted by atomic mass is 16.7. The molecule has 2 aromatic rings. The van der Waals surface area contributed by atoms with E-state index in [1.165, 1.54) is 14.2 Å². The van der Waals surface area contributed by atoms with Crippen molar-refractivity contribution in [2.75, 3.05) is 34.2 Å². The van der Waals surface area contributed by atoms with Crippen molar-refractivity contribution in [1.82, 2.24) is 0 Å². The quantitative estimate of drug-likeness (QED) is 0.287. The molecule has 9 atom stereocenters. The monoisotopic (exact) mass is 562 g/mol. The van der Waals surface area contributed by atoms with E-state index in [1.807, 2.05) is 0 Å². The molecule has 0 bridgehead atoms. The largest absolute Gasteiger partial charge is 0.493 e. The number of carbonyl (C=O) groups excluding carboxylic acids is 1.